The van der Waals surface area contributed by atoms with Crippen molar-refractivity contribution in [1.82, 2.24) is 30.4 Å². The number of halogens is 1. The Balaban J connectivity index is 1.26. The van der Waals surface area contributed by atoms with Crippen molar-refractivity contribution in [1.29, 1.82) is 0 Å². The fraction of sp³-hybridized carbons (Fsp3) is 0.480. The lowest BCUT2D eigenvalue weighted by Crippen LogP contribution is -2.55. The van der Waals surface area contributed by atoms with Gasteiger partial charge in [0.05, 0.1) is 12.1 Å². The summed E-state index contributed by atoms with van der Waals surface area (Å²) in [6.45, 7) is 6.83. The minimum absolute atomic E-state index is 0.00806. The summed E-state index contributed by atoms with van der Waals surface area (Å²) in [5.41, 5.74) is 9.37. The summed E-state index contributed by atoms with van der Waals surface area (Å²) in [7, 11) is 0. The predicted octanol–water partition coefficient (Wildman–Crippen LogP) is -0.242. The average Bonchev–Trinajstić information content (AvgIpc) is 3.42. The van der Waals surface area contributed by atoms with Crippen LogP contribution in [-0.2, 0) is 11.3 Å². The van der Waals surface area contributed by atoms with E-state index in [0.29, 0.717) is 44.6 Å². The second-order valence-electron chi connectivity index (χ2n) is 10.8. The van der Waals surface area contributed by atoms with Crippen molar-refractivity contribution in [2.45, 2.75) is 51.0 Å². The number of fused-ring (bicyclic) bond motifs is 1. The Morgan fingerprint density at radius 2 is 1.88 bits per heavy atom. The summed E-state index contributed by atoms with van der Waals surface area (Å²) >= 11 is 6.17. The Kier molecular flexibility index (Phi) is 8.38. The van der Waals surface area contributed by atoms with Crippen LogP contribution in [0.5, 0.6) is 0 Å². The summed E-state index contributed by atoms with van der Waals surface area (Å²) in [5.74, 6) is 16.2. The number of aliphatic imine (C=N–C) groups is 1. The number of nitrogens with two attached hydrogens (primary N) is 4. The molecule has 17 nitrogen and oxygen atoms in total. The van der Waals surface area contributed by atoms with Crippen LogP contribution in [0.3, 0.4) is 0 Å². The van der Waals surface area contributed by atoms with E-state index in [4.69, 9.17) is 34.9 Å². The van der Waals surface area contributed by atoms with Gasteiger partial charge >= 0.3 is 0 Å². The number of rotatable bonds is 6. The van der Waals surface area contributed by atoms with Gasteiger partial charge in [-0.05, 0) is 50.5 Å². The number of piperidine rings is 1. The lowest BCUT2D eigenvalue weighted by atomic mass is 9.88. The van der Waals surface area contributed by atoms with E-state index in [-0.39, 0.29) is 22.8 Å². The number of carbonyl (C=O) groups is 2. The Morgan fingerprint density at radius 1 is 1.14 bits per heavy atom. The Hall–Kier alpha value is -4.48. The first kappa shape index (κ1) is 30.0. The smallest absolute Gasteiger partial charge is 0.275 e. The molecule has 3 aliphatic rings. The molecule has 0 bridgehead atoms. The molecule has 5 rings (SSSR count). The molecule has 2 aromatic rings. The van der Waals surface area contributed by atoms with Crippen LogP contribution in [0.15, 0.2) is 54.8 Å². The Morgan fingerprint density at radius 3 is 2.56 bits per heavy atom. The molecule has 0 radical (unpaired) electrons. The van der Waals surface area contributed by atoms with Gasteiger partial charge in [0.15, 0.2) is 18.0 Å². The van der Waals surface area contributed by atoms with Crippen LogP contribution in [0.25, 0.3) is 10.9 Å². The van der Waals surface area contributed by atoms with Crippen molar-refractivity contribution in [2.75, 3.05) is 26.2 Å². The van der Waals surface area contributed by atoms with Crippen molar-refractivity contribution in [3.63, 3.8) is 0 Å². The van der Waals surface area contributed by atoms with E-state index in [2.05, 4.69) is 60.0 Å². The topological polar surface area (TPSA) is 248 Å². The van der Waals surface area contributed by atoms with Crippen molar-refractivity contribution < 1.29 is 9.59 Å². The molecule has 2 atom stereocenters. The third-order valence-corrected chi connectivity index (χ3v) is 8.58. The van der Waals surface area contributed by atoms with E-state index >= 15 is 0 Å². The number of aromatic nitrogens is 1. The highest BCUT2D eigenvalue weighted by Crippen LogP contribution is 2.30. The maximum absolute atomic E-state index is 13.5. The molecule has 1 spiro atoms. The number of aryl methyl sites for hydroxylation is 1. The summed E-state index contributed by atoms with van der Waals surface area (Å²) in [6.07, 6.45) is 0.247. The van der Waals surface area contributed by atoms with Crippen molar-refractivity contribution in [3.05, 3.63) is 46.0 Å². The lowest BCUT2D eigenvalue weighted by Gasteiger charge is -2.38. The minimum atomic E-state index is -1.06. The number of carbonyl (C=O) groups excluding carboxylic acids is 2. The number of hydrogen-bond acceptors (Lipinski definition) is 10. The van der Waals surface area contributed by atoms with Gasteiger partial charge in [0.25, 0.3) is 11.8 Å². The van der Waals surface area contributed by atoms with E-state index in [9.17, 15) is 9.59 Å². The highest BCUT2D eigenvalue weighted by molar-refractivity contribution is 6.29. The summed E-state index contributed by atoms with van der Waals surface area (Å²) in [5, 5.41) is 25.2. The molecule has 0 aliphatic carbocycles. The van der Waals surface area contributed by atoms with Crippen LogP contribution in [-0.4, -0.2) is 76.2 Å². The Labute approximate surface area is 252 Å². The molecule has 3 aliphatic heterocycles. The van der Waals surface area contributed by atoms with E-state index in [1.165, 1.54) is 5.01 Å². The van der Waals surface area contributed by atoms with Crippen LogP contribution in [0.4, 0.5) is 0 Å². The van der Waals surface area contributed by atoms with E-state index in [1.54, 1.807) is 0 Å². The quantitative estimate of drug-likeness (QED) is 0.0974. The SMILES string of the molecule is Cc1c(C)n(CCN)c2ccc(C(=O)N3CCC4(CC3)CN(N)/C(=N\C(=O)C3NC(Cl)=C(N=NN)NC3N=NN)N4)cc12. The van der Waals surface area contributed by atoms with Crippen LogP contribution in [0, 0.1) is 13.8 Å². The highest BCUT2D eigenvalue weighted by atomic mass is 35.5. The summed E-state index contributed by atoms with van der Waals surface area (Å²) < 4.78 is 2.19. The minimum Gasteiger partial charge on any atom is -0.358 e. The first-order valence-electron chi connectivity index (χ1n) is 13.8. The van der Waals surface area contributed by atoms with Gasteiger partial charge in [-0.3, -0.25) is 14.6 Å². The zero-order valence-corrected chi connectivity index (χ0v) is 24.7. The summed E-state index contributed by atoms with van der Waals surface area (Å²) in [6, 6.07) is 4.78. The largest absolute Gasteiger partial charge is 0.358 e. The number of likely N-dealkylation sites (tertiary alicyclic amines) is 1. The third kappa shape index (κ3) is 5.65. The molecule has 11 N–H and O–H groups in total. The second-order valence-corrected chi connectivity index (χ2v) is 11.2. The highest BCUT2D eigenvalue weighted by Gasteiger charge is 2.44. The van der Waals surface area contributed by atoms with Gasteiger partial charge in [0, 0.05) is 48.3 Å². The number of benzene rings is 1. The summed E-state index contributed by atoms with van der Waals surface area (Å²) in [4.78, 5) is 32.7. The number of hydrogen-bond donors (Lipinski definition) is 7. The van der Waals surface area contributed by atoms with Gasteiger partial charge in [-0.15, -0.1) is 10.2 Å². The van der Waals surface area contributed by atoms with Crippen molar-refractivity contribution in [2.24, 2.45) is 48.9 Å². The second kappa shape index (κ2) is 12.0. The normalized spacial score (nSPS) is 23.0. The molecule has 2 fully saturated rings. The van der Waals surface area contributed by atoms with Gasteiger partial charge < -0.3 is 42.8 Å². The molecule has 18 heteroatoms. The number of nitrogens with zero attached hydrogens (tertiary/aromatic N) is 8. The molecule has 2 unspecified atom stereocenters. The number of hydrazine groups is 1. The van der Waals surface area contributed by atoms with Crippen LogP contribution >= 0.6 is 11.6 Å². The van der Waals surface area contributed by atoms with Gasteiger partial charge in [-0.1, -0.05) is 22.0 Å². The van der Waals surface area contributed by atoms with Gasteiger partial charge in [0.1, 0.15) is 5.16 Å². The van der Waals surface area contributed by atoms with E-state index in [1.807, 2.05) is 23.1 Å². The maximum Gasteiger partial charge on any atom is 0.275 e. The molecule has 4 heterocycles. The number of guanidine groups is 1. The third-order valence-electron chi connectivity index (χ3n) is 8.29. The molecule has 1 aromatic heterocycles. The fourth-order valence-corrected chi connectivity index (χ4v) is 6.09. The molecule has 1 aromatic carbocycles. The lowest BCUT2D eigenvalue weighted by molar-refractivity contribution is -0.120. The first-order chi connectivity index (χ1) is 20.6. The van der Waals surface area contributed by atoms with Gasteiger partial charge in [0.2, 0.25) is 5.96 Å². The average molecular weight is 614 g/mol. The van der Waals surface area contributed by atoms with E-state index in [0.717, 1.165) is 28.7 Å². The van der Waals surface area contributed by atoms with Crippen LogP contribution < -0.4 is 39.2 Å². The number of nitrogens with one attached hydrogen (secondary N) is 3. The van der Waals surface area contributed by atoms with Gasteiger partial charge in [-0.2, -0.15) is 4.99 Å². The molecule has 2 saturated heterocycles. The first-order valence-corrected chi connectivity index (χ1v) is 14.1. The molecule has 230 valence electrons. The van der Waals surface area contributed by atoms with E-state index < -0.39 is 23.7 Å². The van der Waals surface area contributed by atoms with Gasteiger partial charge in [-0.25, -0.2) is 5.84 Å². The zero-order valence-electron chi connectivity index (χ0n) is 23.9. The molecule has 2 amide bonds. The predicted molar refractivity (Wildman–Crippen MR) is 160 cm³/mol. The standard InChI is InChI=1S/C25H36ClN15O2/c1-13-14(2)40(10-7-27)17-4-3-15(11-16(13)17)23(43)39-8-5-25(6-9-39)12-41(30)24(34-25)33-22(42)18-20(35-37-28)32-21(36-38-29)19(26)31-18/h3-4,11,18,20,31-32H,5-10,12,27,30H2,1-2H3,(H2,28,35)(H2,29,36)(H,33,34,42). The van der Waals surface area contributed by atoms with Crippen molar-refractivity contribution in [3.8, 4) is 0 Å². The zero-order chi connectivity index (χ0) is 30.9. The molecule has 43 heavy (non-hydrogen) atoms. The fourth-order valence-electron chi connectivity index (χ4n) is 5.88. The van der Waals surface area contributed by atoms with Crippen LogP contribution in [0.2, 0.25) is 0 Å². The van der Waals surface area contributed by atoms with Crippen molar-refractivity contribution >= 4 is 40.3 Å². The maximum atomic E-state index is 13.5. The molecular weight excluding hydrogens is 578 g/mol. The molecule has 0 saturated carbocycles. The Bertz CT molecular complexity index is 1540. The monoisotopic (exact) mass is 613 g/mol. The number of amides is 2. The van der Waals surface area contributed by atoms with Crippen LogP contribution in [0.1, 0.15) is 34.5 Å². The molecular formula is C25H36ClN15O2.